The molecule has 5 heteroatoms. The smallest absolute Gasteiger partial charge is 0.254 e. The lowest BCUT2D eigenvalue weighted by molar-refractivity contribution is 0.0303. The molecular formula is C20H26N2O3. The molecule has 1 fully saturated rings. The molecule has 2 aliphatic rings. The Kier molecular flexibility index (Phi) is 6.23. The van der Waals surface area contributed by atoms with Crippen LogP contribution in [0.15, 0.2) is 35.9 Å². The Bertz CT molecular complexity index is 648. The van der Waals surface area contributed by atoms with Gasteiger partial charge in [-0.3, -0.25) is 9.59 Å². The van der Waals surface area contributed by atoms with Gasteiger partial charge in [0.05, 0.1) is 13.2 Å². The second-order valence-electron chi connectivity index (χ2n) is 6.60. The van der Waals surface area contributed by atoms with Crippen molar-refractivity contribution in [2.75, 3.05) is 32.8 Å². The molecule has 0 bridgehead atoms. The fraction of sp³-hybridized carbons (Fsp3) is 0.500. The summed E-state index contributed by atoms with van der Waals surface area (Å²) in [5, 5.41) is 2.97. The van der Waals surface area contributed by atoms with Gasteiger partial charge in [-0.15, -0.1) is 0 Å². The third-order valence-electron chi connectivity index (χ3n) is 4.79. The molecule has 1 saturated heterocycles. The predicted molar refractivity (Wildman–Crippen MR) is 96.7 cm³/mol. The largest absolute Gasteiger partial charge is 0.378 e. The quantitative estimate of drug-likeness (QED) is 0.837. The van der Waals surface area contributed by atoms with E-state index < -0.39 is 0 Å². The second-order valence-corrected chi connectivity index (χ2v) is 6.60. The van der Waals surface area contributed by atoms with Crippen molar-refractivity contribution in [1.29, 1.82) is 0 Å². The molecule has 0 atom stereocenters. The van der Waals surface area contributed by atoms with E-state index in [9.17, 15) is 9.59 Å². The van der Waals surface area contributed by atoms with Crippen LogP contribution < -0.4 is 5.32 Å². The van der Waals surface area contributed by atoms with Crippen LogP contribution in [0, 0.1) is 0 Å². The SMILES string of the molecule is O=C(NCCC1=CCCCC1)c1cccc(C(=O)N2CCOCC2)c1. The minimum absolute atomic E-state index is 0.0367. The highest BCUT2D eigenvalue weighted by molar-refractivity contribution is 5.99. The lowest BCUT2D eigenvalue weighted by Crippen LogP contribution is -2.40. The molecule has 0 spiro atoms. The zero-order chi connectivity index (χ0) is 17.5. The molecule has 0 radical (unpaired) electrons. The molecule has 1 aliphatic heterocycles. The lowest BCUT2D eigenvalue weighted by atomic mass is 9.97. The molecule has 2 amide bonds. The van der Waals surface area contributed by atoms with Crippen molar-refractivity contribution in [1.82, 2.24) is 10.2 Å². The van der Waals surface area contributed by atoms with Gasteiger partial charge in [0.25, 0.3) is 11.8 Å². The van der Waals surface area contributed by atoms with Gasteiger partial charge in [-0.2, -0.15) is 0 Å². The minimum Gasteiger partial charge on any atom is -0.378 e. The average molecular weight is 342 g/mol. The van der Waals surface area contributed by atoms with Crippen LogP contribution in [0.5, 0.6) is 0 Å². The van der Waals surface area contributed by atoms with Gasteiger partial charge in [0.2, 0.25) is 0 Å². The number of carbonyl (C=O) groups excluding carboxylic acids is 2. The number of nitrogens with one attached hydrogen (secondary N) is 1. The van der Waals surface area contributed by atoms with Gasteiger partial charge in [-0.1, -0.05) is 17.7 Å². The van der Waals surface area contributed by atoms with Gasteiger partial charge in [-0.05, 0) is 50.3 Å². The van der Waals surface area contributed by atoms with Gasteiger partial charge in [0.1, 0.15) is 0 Å². The fourth-order valence-corrected chi connectivity index (χ4v) is 3.31. The Morgan fingerprint density at radius 2 is 1.92 bits per heavy atom. The summed E-state index contributed by atoms with van der Waals surface area (Å²) in [7, 11) is 0. The Labute approximate surface area is 149 Å². The zero-order valence-corrected chi connectivity index (χ0v) is 14.6. The molecule has 1 aromatic carbocycles. The summed E-state index contributed by atoms with van der Waals surface area (Å²) in [6, 6.07) is 6.98. The second kappa shape index (κ2) is 8.81. The van der Waals surface area contributed by atoms with E-state index in [1.54, 1.807) is 29.2 Å². The van der Waals surface area contributed by atoms with E-state index in [0.717, 1.165) is 19.3 Å². The number of carbonyl (C=O) groups is 2. The predicted octanol–water partition coefficient (Wildman–Crippen LogP) is 2.78. The van der Waals surface area contributed by atoms with Crippen LogP contribution in [0.1, 0.15) is 52.8 Å². The summed E-state index contributed by atoms with van der Waals surface area (Å²) in [4.78, 5) is 26.7. The average Bonchev–Trinajstić information content (AvgIpc) is 2.69. The summed E-state index contributed by atoms with van der Waals surface area (Å²) in [5.41, 5.74) is 2.55. The number of benzene rings is 1. The Hall–Kier alpha value is -2.14. The number of nitrogens with zero attached hydrogens (tertiary/aromatic N) is 1. The van der Waals surface area contributed by atoms with Crippen molar-refractivity contribution < 1.29 is 14.3 Å². The minimum atomic E-state index is -0.118. The highest BCUT2D eigenvalue weighted by atomic mass is 16.5. The van der Waals surface area contributed by atoms with Crippen molar-refractivity contribution in [3.63, 3.8) is 0 Å². The van der Waals surface area contributed by atoms with Crippen LogP contribution >= 0.6 is 0 Å². The Morgan fingerprint density at radius 3 is 2.68 bits per heavy atom. The van der Waals surface area contributed by atoms with Crippen molar-refractivity contribution in [2.45, 2.75) is 32.1 Å². The normalized spacial score (nSPS) is 17.8. The summed E-state index contributed by atoms with van der Waals surface area (Å²) in [5.74, 6) is -0.154. The number of rotatable bonds is 5. The molecule has 0 saturated carbocycles. The maximum absolute atomic E-state index is 12.5. The molecule has 1 aromatic rings. The van der Waals surface area contributed by atoms with Crippen LogP contribution in [0.2, 0.25) is 0 Å². The number of allylic oxidation sites excluding steroid dienone is 1. The highest BCUT2D eigenvalue weighted by Gasteiger charge is 2.19. The van der Waals surface area contributed by atoms with Crippen molar-refractivity contribution in [3.05, 3.63) is 47.0 Å². The van der Waals surface area contributed by atoms with E-state index in [1.807, 2.05) is 0 Å². The number of hydrogen-bond acceptors (Lipinski definition) is 3. The third-order valence-corrected chi connectivity index (χ3v) is 4.79. The fourth-order valence-electron chi connectivity index (χ4n) is 3.31. The molecule has 5 nitrogen and oxygen atoms in total. The zero-order valence-electron chi connectivity index (χ0n) is 14.6. The van der Waals surface area contributed by atoms with E-state index in [4.69, 9.17) is 4.74 Å². The Morgan fingerprint density at radius 1 is 1.12 bits per heavy atom. The van der Waals surface area contributed by atoms with Gasteiger partial charge in [-0.25, -0.2) is 0 Å². The first-order valence-electron chi connectivity index (χ1n) is 9.17. The number of hydrogen-bond donors (Lipinski definition) is 1. The highest BCUT2D eigenvalue weighted by Crippen LogP contribution is 2.19. The van der Waals surface area contributed by atoms with E-state index in [2.05, 4.69) is 11.4 Å². The molecule has 1 heterocycles. The summed E-state index contributed by atoms with van der Waals surface area (Å²) < 4.78 is 5.28. The van der Waals surface area contributed by atoms with Gasteiger partial charge >= 0.3 is 0 Å². The monoisotopic (exact) mass is 342 g/mol. The summed E-state index contributed by atoms with van der Waals surface area (Å²) in [6.45, 7) is 2.99. The molecule has 25 heavy (non-hydrogen) atoms. The van der Waals surface area contributed by atoms with E-state index in [-0.39, 0.29) is 11.8 Å². The maximum atomic E-state index is 12.5. The number of morpholine rings is 1. The first-order valence-corrected chi connectivity index (χ1v) is 9.17. The topological polar surface area (TPSA) is 58.6 Å². The molecular weight excluding hydrogens is 316 g/mol. The van der Waals surface area contributed by atoms with E-state index in [1.165, 1.54) is 18.4 Å². The van der Waals surface area contributed by atoms with Crippen molar-refractivity contribution in [2.24, 2.45) is 0 Å². The van der Waals surface area contributed by atoms with Gasteiger partial charge in [0.15, 0.2) is 0 Å². The molecule has 134 valence electrons. The number of amides is 2. The molecule has 1 N–H and O–H groups in total. The van der Waals surface area contributed by atoms with Crippen molar-refractivity contribution >= 4 is 11.8 Å². The van der Waals surface area contributed by atoms with Crippen LogP contribution in [0.4, 0.5) is 0 Å². The van der Waals surface area contributed by atoms with Crippen LogP contribution in [0.25, 0.3) is 0 Å². The molecule has 0 unspecified atom stereocenters. The first-order chi connectivity index (χ1) is 12.2. The van der Waals surface area contributed by atoms with Crippen LogP contribution in [0.3, 0.4) is 0 Å². The maximum Gasteiger partial charge on any atom is 0.254 e. The van der Waals surface area contributed by atoms with Crippen LogP contribution in [-0.4, -0.2) is 49.6 Å². The van der Waals surface area contributed by atoms with Crippen molar-refractivity contribution in [3.8, 4) is 0 Å². The molecule has 3 rings (SSSR count). The molecule has 1 aliphatic carbocycles. The summed E-state index contributed by atoms with van der Waals surface area (Å²) in [6.07, 6.45) is 8.06. The Balaban J connectivity index is 1.55. The van der Waals surface area contributed by atoms with Crippen LogP contribution in [-0.2, 0) is 4.74 Å². The van der Waals surface area contributed by atoms with Gasteiger partial charge in [0, 0.05) is 30.8 Å². The standard InChI is InChI=1S/C20H26N2O3/c23-19(21-10-9-16-5-2-1-3-6-16)17-7-4-8-18(15-17)20(24)22-11-13-25-14-12-22/h4-5,7-8,15H,1-3,6,9-14H2,(H,21,23). The van der Waals surface area contributed by atoms with Gasteiger partial charge < -0.3 is 15.0 Å². The first kappa shape index (κ1) is 17.7. The molecule has 0 aromatic heterocycles. The van der Waals surface area contributed by atoms with E-state index >= 15 is 0 Å². The lowest BCUT2D eigenvalue weighted by Gasteiger charge is -2.27. The summed E-state index contributed by atoms with van der Waals surface area (Å²) >= 11 is 0. The van der Waals surface area contributed by atoms with E-state index in [0.29, 0.717) is 44.0 Å². The third kappa shape index (κ3) is 4.92. The number of ether oxygens (including phenoxy) is 1.